The molecule has 0 saturated carbocycles. The molecule has 0 bridgehead atoms. The van der Waals surface area contributed by atoms with Gasteiger partial charge in [-0.3, -0.25) is 9.80 Å². The Kier molecular flexibility index (Phi) is 4.55. The van der Waals surface area contributed by atoms with E-state index in [0.717, 1.165) is 32.7 Å². The molecule has 4 heteroatoms. The number of methoxy groups -OCH3 is 1. The van der Waals surface area contributed by atoms with Crippen molar-refractivity contribution in [1.29, 1.82) is 0 Å². The van der Waals surface area contributed by atoms with Crippen LogP contribution in [0.15, 0.2) is 48.5 Å². The lowest BCUT2D eigenvalue weighted by molar-refractivity contribution is 0.0600. The third-order valence-corrected chi connectivity index (χ3v) is 5.39. The van der Waals surface area contributed by atoms with Crippen LogP contribution >= 0.6 is 0 Å². The Morgan fingerprint density at radius 3 is 2.72 bits per heavy atom. The first kappa shape index (κ1) is 16.3. The highest BCUT2D eigenvalue weighted by atomic mass is 16.5. The first-order chi connectivity index (χ1) is 12.2. The Bertz CT molecular complexity index is 760. The molecule has 2 aromatic rings. The molecule has 1 saturated heterocycles. The van der Waals surface area contributed by atoms with Crippen molar-refractivity contribution in [3.05, 3.63) is 70.8 Å². The van der Waals surface area contributed by atoms with E-state index in [1.807, 2.05) is 12.1 Å². The molecule has 2 aliphatic heterocycles. The summed E-state index contributed by atoms with van der Waals surface area (Å²) in [7, 11) is 1.43. The Morgan fingerprint density at radius 1 is 1.12 bits per heavy atom. The Hall–Kier alpha value is -2.17. The summed E-state index contributed by atoms with van der Waals surface area (Å²) in [6, 6.07) is 17.2. The van der Waals surface area contributed by atoms with Crippen molar-refractivity contribution in [2.45, 2.75) is 32.1 Å². The van der Waals surface area contributed by atoms with Gasteiger partial charge >= 0.3 is 5.97 Å². The second kappa shape index (κ2) is 6.98. The van der Waals surface area contributed by atoms with Crippen LogP contribution in [0.3, 0.4) is 0 Å². The van der Waals surface area contributed by atoms with Gasteiger partial charge in [0.2, 0.25) is 0 Å². The van der Waals surface area contributed by atoms with Crippen LogP contribution in [0.2, 0.25) is 0 Å². The summed E-state index contributed by atoms with van der Waals surface area (Å²) in [6.07, 6.45) is 1.21. The second-order valence-electron chi connectivity index (χ2n) is 7.04. The van der Waals surface area contributed by atoms with E-state index in [9.17, 15) is 4.79 Å². The van der Waals surface area contributed by atoms with Crippen molar-refractivity contribution in [3.8, 4) is 0 Å². The van der Waals surface area contributed by atoms with Crippen LogP contribution in [0.1, 0.15) is 33.5 Å². The van der Waals surface area contributed by atoms with Gasteiger partial charge in [-0.05, 0) is 35.2 Å². The van der Waals surface area contributed by atoms with Crippen LogP contribution in [-0.2, 0) is 24.4 Å². The topological polar surface area (TPSA) is 32.8 Å². The third-order valence-electron chi connectivity index (χ3n) is 5.39. The van der Waals surface area contributed by atoms with Crippen LogP contribution in [-0.4, -0.2) is 42.0 Å². The van der Waals surface area contributed by atoms with Crippen LogP contribution < -0.4 is 0 Å². The average Bonchev–Trinajstić information content (AvgIpc) is 3.27. The summed E-state index contributed by atoms with van der Waals surface area (Å²) in [6.45, 7) is 5.22. The molecular formula is C21H24N2O2. The van der Waals surface area contributed by atoms with E-state index in [2.05, 4.69) is 46.2 Å². The van der Waals surface area contributed by atoms with E-state index >= 15 is 0 Å². The molecular weight excluding hydrogens is 312 g/mol. The molecule has 130 valence electrons. The fraction of sp³-hybridized carbons (Fsp3) is 0.381. The normalized spacial score (nSPS) is 20.6. The molecule has 4 rings (SSSR count). The van der Waals surface area contributed by atoms with E-state index in [1.54, 1.807) is 0 Å². The molecule has 0 radical (unpaired) electrons. The lowest BCUT2D eigenvalue weighted by Crippen LogP contribution is -2.33. The maximum Gasteiger partial charge on any atom is 0.337 e. The second-order valence-corrected chi connectivity index (χ2v) is 7.04. The van der Waals surface area contributed by atoms with Crippen molar-refractivity contribution >= 4 is 5.97 Å². The highest BCUT2D eigenvalue weighted by molar-refractivity contribution is 5.89. The van der Waals surface area contributed by atoms with E-state index in [4.69, 9.17) is 4.74 Å². The molecule has 0 N–H and O–H groups in total. The number of carbonyl (C=O) groups excluding carboxylic acids is 1. The van der Waals surface area contributed by atoms with Crippen molar-refractivity contribution < 1.29 is 9.53 Å². The molecule has 2 heterocycles. The van der Waals surface area contributed by atoms with Crippen LogP contribution in [0.4, 0.5) is 0 Å². The monoisotopic (exact) mass is 336 g/mol. The van der Waals surface area contributed by atoms with Crippen molar-refractivity contribution in [2.24, 2.45) is 0 Å². The van der Waals surface area contributed by atoms with Gasteiger partial charge in [0.1, 0.15) is 0 Å². The van der Waals surface area contributed by atoms with Crippen molar-refractivity contribution in [2.75, 3.05) is 20.2 Å². The van der Waals surface area contributed by atoms with E-state index < -0.39 is 0 Å². The number of esters is 1. The maximum atomic E-state index is 11.7. The SMILES string of the molecule is COC(=O)c1ccc2c(c1)CN(C1CCN(Cc3ccccc3)C1)C2. The van der Waals surface area contributed by atoms with E-state index in [-0.39, 0.29) is 5.97 Å². The van der Waals surface area contributed by atoms with E-state index in [1.165, 1.54) is 30.2 Å². The highest BCUT2D eigenvalue weighted by Gasteiger charge is 2.31. The zero-order valence-corrected chi connectivity index (χ0v) is 14.6. The van der Waals surface area contributed by atoms with Crippen molar-refractivity contribution in [3.63, 3.8) is 0 Å². The number of likely N-dealkylation sites (tertiary alicyclic amines) is 1. The lowest BCUT2D eigenvalue weighted by atomic mass is 10.1. The third kappa shape index (κ3) is 3.46. The van der Waals surface area contributed by atoms with Gasteiger partial charge in [0.15, 0.2) is 0 Å². The fourth-order valence-electron chi connectivity index (χ4n) is 4.02. The summed E-state index contributed by atoms with van der Waals surface area (Å²) in [5.74, 6) is -0.254. The number of hydrogen-bond acceptors (Lipinski definition) is 4. The fourth-order valence-corrected chi connectivity index (χ4v) is 4.02. The number of rotatable bonds is 4. The number of fused-ring (bicyclic) bond motifs is 1. The predicted molar refractivity (Wildman–Crippen MR) is 97.2 cm³/mol. The number of carbonyl (C=O) groups is 1. The molecule has 0 aliphatic carbocycles. The van der Waals surface area contributed by atoms with Gasteiger partial charge in [0.05, 0.1) is 12.7 Å². The summed E-state index contributed by atoms with van der Waals surface area (Å²) >= 11 is 0. The molecule has 0 spiro atoms. The molecule has 0 aromatic heterocycles. The zero-order chi connectivity index (χ0) is 17.2. The molecule has 1 atom stereocenters. The lowest BCUT2D eigenvalue weighted by Gasteiger charge is -2.24. The van der Waals surface area contributed by atoms with Gasteiger partial charge in [-0.2, -0.15) is 0 Å². The number of nitrogens with zero attached hydrogens (tertiary/aromatic N) is 2. The Labute approximate surface area is 149 Å². The van der Waals surface area contributed by atoms with Gasteiger partial charge < -0.3 is 4.74 Å². The molecule has 0 amide bonds. The quantitative estimate of drug-likeness (QED) is 0.804. The van der Waals surface area contributed by atoms with Gasteiger partial charge in [0.25, 0.3) is 0 Å². The molecule has 25 heavy (non-hydrogen) atoms. The minimum Gasteiger partial charge on any atom is -0.465 e. The van der Waals surface area contributed by atoms with Gasteiger partial charge in [-0.15, -0.1) is 0 Å². The average molecular weight is 336 g/mol. The minimum atomic E-state index is -0.254. The van der Waals surface area contributed by atoms with Crippen LogP contribution in [0, 0.1) is 0 Å². The molecule has 2 aliphatic rings. The summed E-state index contributed by atoms with van der Waals surface area (Å²) in [5, 5.41) is 0. The minimum absolute atomic E-state index is 0.254. The zero-order valence-electron chi connectivity index (χ0n) is 14.6. The van der Waals surface area contributed by atoms with Gasteiger partial charge in [0, 0.05) is 38.8 Å². The predicted octanol–water partition coefficient (Wildman–Crippen LogP) is 3.06. The number of ether oxygens (including phenoxy) is 1. The smallest absolute Gasteiger partial charge is 0.337 e. The van der Waals surface area contributed by atoms with E-state index in [0.29, 0.717) is 11.6 Å². The Balaban J connectivity index is 1.38. The Morgan fingerprint density at radius 2 is 1.92 bits per heavy atom. The van der Waals surface area contributed by atoms with Crippen molar-refractivity contribution in [1.82, 2.24) is 9.80 Å². The molecule has 1 unspecified atom stereocenters. The van der Waals surface area contributed by atoms with Crippen LogP contribution in [0.25, 0.3) is 0 Å². The maximum absolute atomic E-state index is 11.7. The molecule has 4 nitrogen and oxygen atoms in total. The first-order valence-electron chi connectivity index (χ1n) is 8.93. The van der Waals surface area contributed by atoms with Gasteiger partial charge in [-0.25, -0.2) is 4.79 Å². The number of hydrogen-bond donors (Lipinski definition) is 0. The first-order valence-corrected chi connectivity index (χ1v) is 8.93. The van der Waals surface area contributed by atoms with Crippen LogP contribution in [0.5, 0.6) is 0 Å². The summed E-state index contributed by atoms with van der Waals surface area (Å²) < 4.78 is 4.83. The highest BCUT2D eigenvalue weighted by Crippen LogP contribution is 2.29. The summed E-state index contributed by atoms with van der Waals surface area (Å²) in [4.78, 5) is 16.8. The molecule has 2 aromatic carbocycles. The van der Waals surface area contributed by atoms with Gasteiger partial charge in [-0.1, -0.05) is 36.4 Å². The number of benzene rings is 2. The summed E-state index contributed by atoms with van der Waals surface area (Å²) in [5.41, 5.74) is 4.65. The standard InChI is InChI=1S/C21H24N2O2/c1-25-21(24)17-7-8-18-13-23(14-19(18)11-17)20-9-10-22(15-20)12-16-5-3-2-4-6-16/h2-8,11,20H,9-10,12-15H2,1H3. The molecule has 1 fully saturated rings. The largest absolute Gasteiger partial charge is 0.465 e.